The zero-order valence-corrected chi connectivity index (χ0v) is 15.5. The van der Waals surface area contributed by atoms with Crippen molar-refractivity contribution in [3.63, 3.8) is 0 Å². The molecule has 0 aliphatic heterocycles. The molecule has 0 bridgehead atoms. The maximum Gasteiger partial charge on any atom is 0.332 e. The van der Waals surface area contributed by atoms with Gasteiger partial charge in [0.15, 0.2) is 17.0 Å². The fourth-order valence-corrected chi connectivity index (χ4v) is 2.63. The number of nitrogens with two attached hydrogens (primary N) is 1. The van der Waals surface area contributed by atoms with Crippen LogP contribution in [0.5, 0.6) is 0 Å². The number of amides is 1. The molecule has 0 fully saturated rings. The molecule has 3 rings (SSSR count). The molecular formula is C17H20N8O3. The Morgan fingerprint density at radius 3 is 2.79 bits per heavy atom. The van der Waals surface area contributed by atoms with Crippen molar-refractivity contribution < 1.29 is 4.79 Å². The molecule has 146 valence electrons. The van der Waals surface area contributed by atoms with E-state index in [0.29, 0.717) is 0 Å². The predicted octanol–water partition coefficient (Wildman–Crippen LogP) is -1.32. The largest absolute Gasteiger partial charge is 0.349 e. The molecule has 0 radical (unpaired) electrons. The van der Waals surface area contributed by atoms with Gasteiger partial charge in [-0.2, -0.15) is 0 Å². The van der Waals surface area contributed by atoms with Gasteiger partial charge in [-0.15, -0.1) is 10.2 Å². The number of pyridine rings is 1. The van der Waals surface area contributed by atoms with E-state index >= 15 is 0 Å². The summed E-state index contributed by atoms with van der Waals surface area (Å²) in [5, 5.41) is 10.6. The van der Waals surface area contributed by atoms with Crippen molar-refractivity contribution in [1.82, 2.24) is 34.6 Å². The number of carbonyl (C=O) groups excluding carboxylic acids is 1. The van der Waals surface area contributed by atoms with E-state index in [1.807, 2.05) is 0 Å². The summed E-state index contributed by atoms with van der Waals surface area (Å²) in [6.45, 7) is 1.89. The van der Waals surface area contributed by atoms with Crippen LogP contribution in [0.15, 0.2) is 34.1 Å². The average Bonchev–Trinajstić information content (AvgIpc) is 2.68. The maximum atomic E-state index is 12.6. The first-order chi connectivity index (χ1) is 13.4. The van der Waals surface area contributed by atoms with Crippen LogP contribution < -0.4 is 22.3 Å². The molecule has 3 N–H and O–H groups in total. The number of carbonyl (C=O) groups is 1. The van der Waals surface area contributed by atoms with E-state index in [9.17, 15) is 14.4 Å². The first-order valence-corrected chi connectivity index (χ1v) is 8.61. The number of rotatable bonds is 6. The van der Waals surface area contributed by atoms with E-state index in [2.05, 4.69) is 25.5 Å². The summed E-state index contributed by atoms with van der Waals surface area (Å²) in [7, 11) is 1.37. The van der Waals surface area contributed by atoms with Gasteiger partial charge in [0.05, 0.1) is 13.1 Å². The highest BCUT2D eigenvalue weighted by molar-refractivity contribution is 5.76. The third kappa shape index (κ3) is 4.09. The lowest BCUT2D eigenvalue weighted by Crippen LogP contribution is -2.39. The number of hydrogen-bond acceptors (Lipinski definition) is 8. The molecule has 0 saturated carbocycles. The predicted molar refractivity (Wildman–Crippen MR) is 100 cm³/mol. The lowest BCUT2D eigenvalue weighted by Gasteiger charge is -2.11. The zero-order valence-electron chi connectivity index (χ0n) is 15.5. The van der Waals surface area contributed by atoms with Crippen LogP contribution in [0, 0.1) is 0 Å². The van der Waals surface area contributed by atoms with Crippen molar-refractivity contribution >= 4 is 17.1 Å². The molecule has 1 unspecified atom stereocenters. The smallest absolute Gasteiger partial charge is 0.332 e. The van der Waals surface area contributed by atoms with Gasteiger partial charge >= 0.3 is 5.69 Å². The van der Waals surface area contributed by atoms with Gasteiger partial charge in [-0.05, 0) is 18.6 Å². The second kappa shape index (κ2) is 8.05. The van der Waals surface area contributed by atoms with Crippen molar-refractivity contribution in [2.45, 2.75) is 32.5 Å². The van der Waals surface area contributed by atoms with Crippen LogP contribution in [0.1, 0.15) is 24.7 Å². The molecule has 3 aromatic heterocycles. The Morgan fingerprint density at radius 2 is 2.11 bits per heavy atom. The zero-order chi connectivity index (χ0) is 20.3. The van der Waals surface area contributed by atoms with Gasteiger partial charge in [-0.3, -0.25) is 23.7 Å². The number of hydrogen-bond donors (Lipinski definition) is 2. The summed E-state index contributed by atoms with van der Waals surface area (Å²) >= 11 is 0. The normalized spacial score (nSPS) is 12.1. The highest BCUT2D eigenvalue weighted by atomic mass is 16.2. The van der Waals surface area contributed by atoms with E-state index in [-0.39, 0.29) is 48.4 Å². The van der Waals surface area contributed by atoms with E-state index in [4.69, 9.17) is 5.73 Å². The summed E-state index contributed by atoms with van der Waals surface area (Å²) in [6, 6.07) is 3.28. The Hall–Kier alpha value is -3.47. The SMILES string of the molecule is CC(N)CC(=O)NCc1nnc2c(n1)c(=O)n(C)c(=O)n2Cc1cccnc1. The van der Waals surface area contributed by atoms with E-state index in [1.54, 1.807) is 31.5 Å². The van der Waals surface area contributed by atoms with Gasteiger partial charge in [0.1, 0.15) is 0 Å². The fraction of sp³-hybridized carbons (Fsp3) is 0.353. The lowest BCUT2D eigenvalue weighted by atomic mass is 10.2. The molecule has 28 heavy (non-hydrogen) atoms. The average molecular weight is 384 g/mol. The Bertz CT molecular complexity index is 1120. The van der Waals surface area contributed by atoms with Crippen LogP contribution >= 0.6 is 0 Å². The van der Waals surface area contributed by atoms with Crippen LogP contribution in [0.3, 0.4) is 0 Å². The molecule has 1 atom stereocenters. The van der Waals surface area contributed by atoms with Crippen molar-refractivity contribution in [2.24, 2.45) is 12.8 Å². The number of fused-ring (bicyclic) bond motifs is 1. The van der Waals surface area contributed by atoms with E-state index in [0.717, 1.165) is 10.1 Å². The van der Waals surface area contributed by atoms with Gasteiger partial charge in [-0.25, -0.2) is 9.78 Å². The summed E-state index contributed by atoms with van der Waals surface area (Å²) in [5.74, 6) is -0.0950. The number of aromatic nitrogens is 6. The standard InChI is InChI=1S/C17H20N8O3/c1-10(18)6-13(26)20-8-12-21-14-15(23-22-12)25(17(28)24(2)16(14)27)9-11-4-3-5-19-7-11/h3-5,7,10H,6,8-9,18H2,1-2H3,(H,20,26). The summed E-state index contributed by atoms with van der Waals surface area (Å²) < 4.78 is 2.28. The van der Waals surface area contributed by atoms with E-state index in [1.165, 1.54) is 11.6 Å². The van der Waals surface area contributed by atoms with Crippen LogP contribution in [0.2, 0.25) is 0 Å². The van der Waals surface area contributed by atoms with Gasteiger partial charge in [0, 0.05) is 31.9 Å². The Kier molecular flexibility index (Phi) is 5.54. The maximum absolute atomic E-state index is 12.6. The third-order valence-electron chi connectivity index (χ3n) is 4.01. The quantitative estimate of drug-likeness (QED) is 0.531. The lowest BCUT2D eigenvalue weighted by molar-refractivity contribution is -0.121. The summed E-state index contributed by atoms with van der Waals surface area (Å²) in [5.41, 5.74) is 5.30. The van der Waals surface area contributed by atoms with Crippen molar-refractivity contribution in [3.8, 4) is 0 Å². The molecule has 0 spiro atoms. The van der Waals surface area contributed by atoms with Crippen molar-refractivity contribution in [1.29, 1.82) is 0 Å². The minimum Gasteiger partial charge on any atom is -0.349 e. The Balaban J connectivity index is 1.98. The molecule has 11 heteroatoms. The molecule has 3 aromatic rings. The molecule has 1 amide bonds. The molecule has 0 aromatic carbocycles. The van der Waals surface area contributed by atoms with Gasteiger partial charge in [-0.1, -0.05) is 6.07 Å². The molecule has 0 saturated heterocycles. The molecular weight excluding hydrogens is 364 g/mol. The van der Waals surface area contributed by atoms with Crippen molar-refractivity contribution in [2.75, 3.05) is 0 Å². The highest BCUT2D eigenvalue weighted by Crippen LogP contribution is 2.05. The second-order valence-electron chi connectivity index (χ2n) is 6.45. The highest BCUT2D eigenvalue weighted by Gasteiger charge is 2.16. The first kappa shape index (κ1) is 19.3. The van der Waals surface area contributed by atoms with Crippen molar-refractivity contribution in [3.05, 3.63) is 56.8 Å². The third-order valence-corrected chi connectivity index (χ3v) is 4.01. The monoisotopic (exact) mass is 384 g/mol. The number of nitrogens with zero attached hydrogens (tertiary/aromatic N) is 6. The van der Waals surface area contributed by atoms with Gasteiger partial charge in [0.2, 0.25) is 5.91 Å². The summed E-state index contributed by atoms with van der Waals surface area (Å²) in [6.07, 6.45) is 3.40. The van der Waals surface area contributed by atoms with Gasteiger partial charge in [0.25, 0.3) is 5.56 Å². The molecule has 0 aliphatic rings. The van der Waals surface area contributed by atoms with Crippen LogP contribution in [-0.2, 0) is 24.9 Å². The fourth-order valence-electron chi connectivity index (χ4n) is 2.63. The first-order valence-electron chi connectivity index (χ1n) is 8.61. The Morgan fingerprint density at radius 1 is 1.32 bits per heavy atom. The molecule has 11 nitrogen and oxygen atoms in total. The second-order valence-corrected chi connectivity index (χ2v) is 6.45. The van der Waals surface area contributed by atoms with Crippen LogP contribution in [0.25, 0.3) is 11.2 Å². The minimum atomic E-state index is -0.583. The topological polar surface area (TPSA) is 151 Å². The van der Waals surface area contributed by atoms with Gasteiger partial charge < -0.3 is 11.1 Å². The Labute approximate surface area is 159 Å². The van der Waals surface area contributed by atoms with E-state index < -0.39 is 11.2 Å². The summed E-state index contributed by atoms with van der Waals surface area (Å²) in [4.78, 5) is 45.0. The molecule has 3 heterocycles. The molecule has 0 aliphatic carbocycles. The van der Waals surface area contributed by atoms with Crippen LogP contribution in [-0.4, -0.2) is 41.2 Å². The number of nitrogens with one attached hydrogen (secondary N) is 1. The minimum absolute atomic E-state index is 0.000616. The van der Waals surface area contributed by atoms with Crippen LogP contribution in [0.4, 0.5) is 0 Å².